The van der Waals surface area contributed by atoms with Gasteiger partial charge in [0.2, 0.25) is 5.88 Å². The molecule has 0 aliphatic carbocycles. The average molecular weight is 272 g/mol. The van der Waals surface area contributed by atoms with E-state index in [1.54, 1.807) is 30.5 Å². The lowest BCUT2D eigenvalue weighted by molar-refractivity contribution is 0.455. The van der Waals surface area contributed by atoms with Gasteiger partial charge in [0, 0.05) is 22.7 Å². The van der Waals surface area contributed by atoms with Gasteiger partial charge in [-0.05, 0) is 41.8 Å². The predicted molar refractivity (Wildman–Crippen MR) is 74.9 cm³/mol. The number of phenolic OH excluding ortho intramolecular Hbond substituents is 1. The number of pyridine rings is 1. The Hall–Kier alpha value is -2.26. The largest absolute Gasteiger partial charge is 0.508 e. The molecule has 0 aliphatic rings. The summed E-state index contributed by atoms with van der Waals surface area (Å²) in [5.74, 6) is 1.33. The monoisotopic (exact) mass is 271 g/mol. The standard InChI is InChI=1S/C15H10ClNO2/c16-12-2-1-10-8-15(17-9-11(10)7-12)19-14-5-3-13(18)4-6-14/h1-9,18H. The number of rotatable bonds is 2. The maximum atomic E-state index is 9.21. The lowest BCUT2D eigenvalue weighted by atomic mass is 10.2. The first-order chi connectivity index (χ1) is 9.20. The molecular weight excluding hydrogens is 262 g/mol. The summed E-state index contributed by atoms with van der Waals surface area (Å²) < 4.78 is 5.62. The van der Waals surface area contributed by atoms with Crippen LogP contribution in [0.2, 0.25) is 5.02 Å². The number of aromatic hydroxyl groups is 1. The number of aromatic nitrogens is 1. The summed E-state index contributed by atoms with van der Waals surface area (Å²) in [4.78, 5) is 4.22. The molecule has 2 aromatic carbocycles. The zero-order valence-electron chi connectivity index (χ0n) is 9.88. The predicted octanol–water partition coefficient (Wildman–Crippen LogP) is 4.39. The molecular formula is C15H10ClNO2. The molecule has 3 aromatic rings. The van der Waals surface area contributed by atoms with E-state index >= 15 is 0 Å². The summed E-state index contributed by atoms with van der Waals surface area (Å²) in [6.45, 7) is 0. The second-order valence-electron chi connectivity index (χ2n) is 4.11. The zero-order chi connectivity index (χ0) is 13.2. The summed E-state index contributed by atoms with van der Waals surface area (Å²) in [5.41, 5.74) is 0. The van der Waals surface area contributed by atoms with Crippen molar-refractivity contribution in [1.29, 1.82) is 0 Å². The van der Waals surface area contributed by atoms with Crippen molar-refractivity contribution in [1.82, 2.24) is 4.98 Å². The normalized spacial score (nSPS) is 10.6. The summed E-state index contributed by atoms with van der Waals surface area (Å²) in [6.07, 6.45) is 1.72. The maximum absolute atomic E-state index is 9.21. The van der Waals surface area contributed by atoms with Crippen molar-refractivity contribution in [3.05, 3.63) is 59.8 Å². The first-order valence-corrected chi connectivity index (χ1v) is 6.11. The van der Waals surface area contributed by atoms with Gasteiger partial charge < -0.3 is 9.84 Å². The fourth-order valence-electron chi connectivity index (χ4n) is 1.78. The molecule has 4 heteroatoms. The van der Waals surface area contributed by atoms with E-state index in [1.807, 2.05) is 24.3 Å². The molecule has 0 unspecified atom stereocenters. The Kier molecular flexibility index (Phi) is 2.97. The molecule has 0 saturated heterocycles. The van der Waals surface area contributed by atoms with E-state index in [2.05, 4.69) is 4.98 Å². The van der Waals surface area contributed by atoms with E-state index in [0.717, 1.165) is 10.8 Å². The van der Waals surface area contributed by atoms with E-state index in [0.29, 0.717) is 16.7 Å². The van der Waals surface area contributed by atoms with E-state index in [9.17, 15) is 5.11 Å². The molecule has 0 aliphatic heterocycles. The van der Waals surface area contributed by atoms with Gasteiger partial charge in [0.1, 0.15) is 11.5 Å². The van der Waals surface area contributed by atoms with Crippen molar-refractivity contribution in [2.75, 3.05) is 0 Å². The third kappa shape index (κ3) is 2.61. The van der Waals surface area contributed by atoms with Crippen molar-refractivity contribution in [3.63, 3.8) is 0 Å². The molecule has 1 heterocycles. The Morgan fingerprint density at radius 1 is 0.947 bits per heavy atom. The van der Waals surface area contributed by atoms with Crippen LogP contribution in [0.3, 0.4) is 0 Å². The van der Waals surface area contributed by atoms with Gasteiger partial charge in [-0.25, -0.2) is 4.98 Å². The molecule has 0 radical (unpaired) electrons. The van der Waals surface area contributed by atoms with Crippen LogP contribution in [0.1, 0.15) is 0 Å². The highest BCUT2D eigenvalue weighted by Crippen LogP contribution is 2.26. The fraction of sp³-hybridized carbons (Fsp3) is 0. The minimum atomic E-state index is 0.202. The van der Waals surface area contributed by atoms with Crippen LogP contribution >= 0.6 is 11.6 Å². The van der Waals surface area contributed by atoms with E-state index in [1.165, 1.54) is 0 Å². The van der Waals surface area contributed by atoms with Gasteiger partial charge in [-0.2, -0.15) is 0 Å². The highest BCUT2D eigenvalue weighted by molar-refractivity contribution is 6.31. The van der Waals surface area contributed by atoms with Crippen LogP contribution in [0.4, 0.5) is 0 Å². The Morgan fingerprint density at radius 3 is 2.53 bits per heavy atom. The number of fused-ring (bicyclic) bond motifs is 1. The lowest BCUT2D eigenvalue weighted by Gasteiger charge is -2.06. The van der Waals surface area contributed by atoms with Crippen LogP contribution in [-0.2, 0) is 0 Å². The second kappa shape index (κ2) is 4.78. The maximum Gasteiger partial charge on any atom is 0.219 e. The topological polar surface area (TPSA) is 42.4 Å². The minimum absolute atomic E-state index is 0.202. The van der Waals surface area contributed by atoms with E-state index in [-0.39, 0.29) is 5.75 Å². The number of halogens is 1. The number of benzene rings is 2. The molecule has 1 N–H and O–H groups in total. The van der Waals surface area contributed by atoms with Crippen LogP contribution < -0.4 is 4.74 Å². The van der Waals surface area contributed by atoms with Crippen LogP contribution in [-0.4, -0.2) is 10.1 Å². The fourth-order valence-corrected chi connectivity index (χ4v) is 1.96. The number of hydrogen-bond donors (Lipinski definition) is 1. The number of nitrogens with zero attached hydrogens (tertiary/aromatic N) is 1. The number of phenols is 1. The molecule has 19 heavy (non-hydrogen) atoms. The van der Waals surface area contributed by atoms with Crippen molar-refractivity contribution in [2.45, 2.75) is 0 Å². The van der Waals surface area contributed by atoms with Crippen LogP contribution in [0, 0.1) is 0 Å². The van der Waals surface area contributed by atoms with Crippen LogP contribution in [0.5, 0.6) is 17.4 Å². The van der Waals surface area contributed by atoms with Crippen LogP contribution in [0.15, 0.2) is 54.7 Å². The molecule has 0 bridgehead atoms. The van der Waals surface area contributed by atoms with Gasteiger partial charge >= 0.3 is 0 Å². The molecule has 94 valence electrons. The summed E-state index contributed by atoms with van der Waals surface area (Å²) in [5, 5.41) is 11.9. The van der Waals surface area contributed by atoms with Crippen molar-refractivity contribution in [3.8, 4) is 17.4 Å². The smallest absolute Gasteiger partial charge is 0.219 e. The van der Waals surface area contributed by atoms with E-state index in [4.69, 9.17) is 16.3 Å². The third-order valence-electron chi connectivity index (χ3n) is 2.72. The summed E-state index contributed by atoms with van der Waals surface area (Å²) in [7, 11) is 0. The van der Waals surface area contributed by atoms with Crippen molar-refractivity contribution in [2.24, 2.45) is 0 Å². The van der Waals surface area contributed by atoms with Gasteiger partial charge in [-0.1, -0.05) is 17.7 Å². The van der Waals surface area contributed by atoms with Crippen molar-refractivity contribution < 1.29 is 9.84 Å². The summed E-state index contributed by atoms with van der Waals surface area (Å²) >= 11 is 5.92. The Balaban J connectivity index is 1.93. The molecule has 0 atom stereocenters. The first-order valence-electron chi connectivity index (χ1n) is 5.73. The Labute approximate surface area is 115 Å². The summed E-state index contributed by atoms with van der Waals surface area (Å²) in [6, 6.07) is 13.9. The lowest BCUT2D eigenvalue weighted by Crippen LogP contribution is -1.87. The first kappa shape index (κ1) is 11.8. The Morgan fingerprint density at radius 2 is 1.74 bits per heavy atom. The molecule has 3 rings (SSSR count). The van der Waals surface area contributed by atoms with Crippen LogP contribution in [0.25, 0.3) is 10.8 Å². The SMILES string of the molecule is Oc1ccc(Oc2cc3ccc(Cl)cc3cn2)cc1. The zero-order valence-corrected chi connectivity index (χ0v) is 10.6. The highest BCUT2D eigenvalue weighted by Gasteiger charge is 2.02. The average Bonchev–Trinajstić information content (AvgIpc) is 2.42. The van der Waals surface area contributed by atoms with Gasteiger partial charge in [0.05, 0.1) is 0 Å². The highest BCUT2D eigenvalue weighted by atomic mass is 35.5. The Bertz CT molecular complexity index is 726. The third-order valence-corrected chi connectivity index (χ3v) is 2.95. The molecule has 3 nitrogen and oxygen atoms in total. The van der Waals surface area contributed by atoms with Gasteiger partial charge in [-0.3, -0.25) is 0 Å². The van der Waals surface area contributed by atoms with Gasteiger partial charge in [0.15, 0.2) is 0 Å². The van der Waals surface area contributed by atoms with Gasteiger partial charge in [0.25, 0.3) is 0 Å². The quantitative estimate of drug-likeness (QED) is 0.752. The molecule has 0 fully saturated rings. The molecule has 0 amide bonds. The van der Waals surface area contributed by atoms with Gasteiger partial charge in [-0.15, -0.1) is 0 Å². The number of hydrogen-bond acceptors (Lipinski definition) is 3. The van der Waals surface area contributed by atoms with E-state index < -0.39 is 0 Å². The second-order valence-corrected chi connectivity index (χ2v) is 4.55. The molecule has 0 spiro atoms. The van der Waals surface area contributed by atoms with Crippen molar-refractivity contribution >= 4 is 22.4 Å². The minimum Gasteiger partial charge on any atom is -0.508 e. The molecule has 0 saturated carbocycles. The molecule has 1 aromatic heterocycles. The number of ether oxygens (including phenoxy) is 1.